The second-order valence-corrected chi connectivity index (χ2v) is 7.67. The predicted octanol–water partition coefficient (Wildman–Crippen LogP) is 4.61. The number of nitrogens with zero attached hydrogens (tertiary/aromatic N) is 1. The normalized spacial score (nSPS) is 12.1. The zero-order valence-electron chi connectivity index (χ0n) is 14.1. The minimum Gasteiger partial charge on any atom is -0.294 e. The second kappa shape index (κ2) is 6.70. The maximum atomic E-state index is 13.0. The number of carbonyl (C=O) groups excluding carboxylic acids is 1. The molecule has 0 spiro atoms. The molecule has 8 heteroatoms. The van der Waals surface area contributed by atoms with E-state index in [-0.39, 0.29) is 21.9 Å². The van der Waals surface area contributed by atoms with Gasteiger partial charge in [-0.3, -0.25) is 4.79 Å². The molecule has 0 aliphatic heterocycles. The molecule has 0 aliphatic carbocycles. The molecule has 2 aromatic carbocycles. The molecule has 0 saturated heterocycles. The fraction of sp³-hybridized carbons (Fsp3) is 0.105. The first-order valence-electron chi connectivity index (χ1n) is 7.82. The van der Waals surface area contributed by atoms with Gasteiger partial charge in [0, 0.05) is 11.8 Å². The van der Waals surface area contributed by atoms with Gasteiger partial charge in [-0.15, -0.1) is 0 Å². The van der Waals surface area contributed by atoms with E-state index in [9.17, 15) is 26.4 Å². The zero-order valence-corrected chi connectivity index (χ0v) is 14.9. The maximum Gasteiger partial charge on any atom is 0.416 e. The quantitative estimate of drug-likeness (QED) is 0.608. The Morgan fingerprint density at radius 1 is 0.963 bits per heavy atom. The third kappa shape index (κ3) is 3.66. The highest BCUT2D eigenvalue weighted by Crippen LogP contribution is 2.31. The van der Waals surface area contributed by atoms with Crippen molar-refractivity contribution in [3.05, 3.63) is 78.0 Å². The molecule has 0 unspecified atom stereocenters. The van der Waals surface area contributed by atoms with Gasteiger partial charge < -0.3 is 0 Å². The highest BCUT2D eigenvalue weighted by molar-refractivity contribution is 7.90. The highest BCUT2D eigenvalue weighted by atomic mass is 32.2. The van der Waals surface area contributed by atoms with Gasteiger partial charge in [-0.25, -0.2) is 12.4 Å². The Kier molecular flexibility index (Phi) is 4.69. The van der Waals surface area contributed by atoms with E-state index in [0.717, 1.165) is 16.1 Å². The van der Waals surface area contributed by atoms with Gasteiger partial charge >= 0.3 is 6.18 Å². The molecule has 1 heterocycles. The molecule has 0 atom stereocenters. The Labute approximate surface area is 153 Å². The SMILES string of the molecule is CC(=O)c1cc(-c2ccccc2)n(S(=O)(=O)c2ccc(C(F)(F)F)cc2)c1. The molecule has 27 heavy (non-hydrogen) atoms. The lowest BCUT2D eigenvalue weighted by Gasteiger charge is -2.12. The molecule has 0 aliphatic rings. The lowest BCUT2D eigenvalue weighted by atomic mass is 10.1. The number of carbonyl (C=O) groups is 1. The van der Waals surface area contributed by atoms with Crippen molar-refractivity contribution in [3.63, 3.8) is 0 Å². The van der Waals surface area contributed by atoms with Crippen molar-refractivity contribution in [2.45, 2.75) is 18.0 Å². The van der Waals surface area contributed by atoms with E-state index in [2.05, 4.69) is 0 Å². The molecule has 4 nitrogen and oxygen atoms in total. The molecular formula is C19H14F3NO3S. The largest absolute Gasteiger partial charge is 0.416 e. The number of rotatable bonds is 4. The summed E-state index contributed by atoms with van der Waals surface area (Å²) in [5.74, 6) is -0.325. The Morgan fingerprint density at radius 3 is 2.07 bits per heavy atom. The smallest absolute Gasteiger partial charge is 0.294 e. The summed E-state index contributed by atoms with van der Waals surface area (Å²) in [7, 11) is -4.20. The summed E-state index contributed by atoms with van der Waals surface area (Å²) < 4.78 is 65.1. The van der Waals surface area contributed by atoms with Crippen molar-refractivity contribution in [1.29, 1.82) is 0 Å². The zero-order chi connectivity index (χ0) is 19.8. The van der Waals surface area contributed by atoms with Crippen molar-refractivity contribution < 1.29 is 26.4 Å². The third-order valence-corrected chi connectivity index (χ3v) is 5.69. The number of halogens is 3. The second-order valence-electron chi connectivity index (χ2n) is 5.86. The van der Waals surface area contributed by atoms with Gasteiger partial charge in [0.05, 0.1) is 16.2 Å². The van der Waals surface area contributed by atoms with E-state index in [0.29, 0.717) is 17.7 Å². The molecule has 1 aromatic heterocycles. The number of benzene rings is 2. The summed E-state index contributed by atoms with van der Waals surface area (Å²) in [6, 6.07) is 13.2. The van der Waals surface area contributed by atoms with Gasteiger partial charge in [-0.2, -0.15) is 13.2 Å². The summed E-state index contributed by atoms with van der Waals surface area (Å²) in [5.41, 5.74) is 0.0483. The Hall–Kier alpha value is -2.87. The van der Waals surface area contributed by atoms with Crippen LogP contribution in [0.2, 0.25) is 0 Å². The topological polar surface area (TPSA) is 56.1 Å². The summed E-state index contributed by atoms with van der Waals surface area (Å²) >= 11 is 0. The van der Waals surface area contributed by atoms with Crippen LogP contribution >= 0.6 is 0 Å². The minimum atomic E-state index is -4.56. The molecule has 0 radical (unpaired) electrons. The van der Waals surface area contributed by atoms with Crippen molar-refractivity contribution >= 4 is 15.8 Å². The van der Waals surface area contributed by atoms with Gasteiger partial charge in [-0.1, -0.05) is 30.3 Å². The van der Waals surface area contributed by atoms with Crippen LogP contribution in [0.15, 0.2) is 71.8 Å². The van der Waals surface area contributed by atoms with Crippen LogP contribution in [-0.2, 0) is 16.2 Å². The van der Waals surface area contributed by atoms with Gasteiger partial charge in [0.2, 0.25) is 0 Å². The lowest BCUT2D eigenvalue weighted by Crippen LogP contribution is -2.14. The maximum absolute atomic E-state index is 13.0. The minimum absolute atomic E-state index is 0.185. The van der Waals surface area contributed by atoms with E-state index in [1.807, 2.05) is 0 Å². The van der Waals surface area contributed by atoms with Crippen LogP contribution in [0.4, 0.5) is 13.2 Å². The first kappa shape index (κ1) is 18.9. The molecule has 3 aromatic rings. The monoisotopic (exact) mass is 393 g/mol. The average molecular weight is 393 g/mol. The van der Waals surface area contributed by atoms with E-state index >= 15 is 0 Å². The van der Waals surface area contributed by atoms with Crippen molar-refractivity contribution in [2.75, 3.05) is 0 Å². The van der Waals surface area contributed by atoms with Crippen LogP contribution in [0.5, 0.6) is 0 Å². The summed E-state index contributed by atoms with van der Waals surface area (Å²) in [5, 5.41) is 0. The van der Waals surface area contributed by atoms with Crippen molar-refractivity contribution in [2.24, 2.45) is 0 Å². The molecule has 0 bridgehead atoms. The van der Waals surface area contributed by atoms with E-state index in [1.165, 1.54) is 19.2 Å². The molecule has 0 fully saturated rings. The average Bonchev–Trinajstić information content (AvgIpc) is 3.08. The fourth-order valence-corrected chi connectivity index (χ4v) is 3.96. The molecule has 0 amide bonds. The highest BCUT2D eigenvalue weighted by Gasteiger charge is 2.31. The third-order valence-electron chi connectivity index (χ3n) is 4.00. The number of hydrogen-bond donors (Lipinski definition) is 0. The predicted molar refractivity (Wildman–Crippen MR) is 93.9 cm³/mol. The molecule has 140 valence electrons. The standard InChI is InChI=1S/C19H14F3NO3S/c1-13(24)15-11-18(14-5-3-2-4-6-14)23(12-15)27(25,26)17-9-7-16(8-10-17)19(20,21)22/h2-12H,1H3. The Morgan fingerprint density at radius 2 is 1.56 bits per heavy atom. The van der Waals surface area contributed by atoms with E-state index in [1.54, 1.807) is 30.3 Å². The number of aromatic nitrogens is 1. The first-order chi connectivity index (χ1) is 12.6. The van der Waals surface area contributed by atoms with E-state index < -0.39 is 21.8 Å². The summed E-state index contributed by atoms with van der Waals surface area (Å²) in [4.78, 5) is 11.4. The van der Waals surface area contributed by atoms with E-state index in [4.69, 9.17) is 0 Å². The number of Topliss-reactive ketones (excluding diaryl/α,β-unsaturated/α-hetero) is 1. The van der Waals surface area contributed by atoms with Crippen molar-refractivity contribution in [3.8, 4) is 11.3 Å². The van der Waals surface area contributed by atoms with Crippen LogP contribution in [0.1, 0.15) is 22.8 Å². The van der Waals surface area contributed by atoms with Crippen molar-refractivity contribution in [1.82, 2.24) is 3.97 Å². The van der Waals surface area contributed by atoms with Gasteiger partial charge in [0.15, 0.2) is 5.78 Å². The summed E-state index contributed by atoms with van der Waals surface area (Å²) in [6.07, 6.45) is -3.38. The van der Waals surface area contributed by atoms with Crippen LogP contribution in [0, 0.1) is 0 Å². The molecule has 0 N–H and O–H groups in total. The molecular weight excluding hydrogens is 379 g/mol. The number of ketones is 1. The van der Waals surface area contributed by atoms with Gasteiger partial charge in [0.25, 0.3) is 10.0 Å². The Balaban J connectivity index is 2.15. The van der Waals surface area contributed by atoms with Crippen LogP contribution in [0.3, 0.4) is 0 Å². The molecule has 3 rings (SSSR count). The molecule has 0 saturated carbocycles. The lowest BCUT2D eigenvalue weighted by molar-refractivity contribution is -0.137. The number of alkyl halides is 3. The summed E-state index contributed by atoms with van der Waals surface area (Å²) in [6.45, 7) is 1.30. The fourth-order valence-electron chi connectivity index (χ4n) is 2.58. The first-order valence-corrected chi connectivity index (χ1v) is 9.26. The van der Waals surface area contributed by atoms with Gasteiger partial charge in [0.1, 0.15) is 0 Å². The van der Waals surface area contributed by atoms with Crippen LogP contribution in [0.25, 0.3) is 11.3 Å². The van der Waals surface area contributed by atoms with Gasteiger partial charge in [-0.05, 0) is 42.8 Å². The van der Waals surface area contributed by atoms with Crippen LogP contribution < -0.4 is 0 Å². The van der Waals surface area contributed by atoms with Crippen LogP contribution in [-0.4, -0.2) is 18.2 Å². The number of hydrogen-bond acceptors (Lipinski definition) is 3. The Bertz CT molecular complexity index is 1080.